The molecule has 0 bridgehead atoms. The summed E-state index contributed by atoms with van der Waals surface area (Å²) < 4.78 is 58.1. The van der Waals surface area contributed by atoms with Gasteiger partial charge in [0, 0.05) is 58.4 Å². The molecular weight excluding hydrogens is 714 g/mol. The molecule has 0 aliphatic carbocycles. The minimum atomic E-state index is -4.80. The minimum Gasteiger partial charge on any atom is -0.454 e. The summed E-state index contributed by atoms with van der Waals surface area (Å²) in [5.41, 5.74) is 2.50. The third-order valence-electron chi connectivity index (χ3n) is 10.3. The Balaban J connectivity index is 1.29. The van der Waals surface area contributed by atoms with E-state index in [1.54, 1.807) is 22.0 Å². The van der Waals surface area contributed by atoms with Gasteiger partial charge in [-0.25, -0.2) is 15.0 Å². The zero-order valence-electron chi connectivity index (χ0n) is 28.7. The van der Waals surface area contributed by atoms with Crippen LogP contribution in [0.4, 0.5) is 13.2 Å². The maximum absolute atomic E-state index is 15.9. The number of rotatable bonds is 4. The van der Waals surface area contributed by atoms with Crippen LogP contribution in [0.25, 0.3) is 104 Å². The summed E-state index contributed by atoms with van der Waals surface area (Å²) in [4.78, 5) is 14.5. The first-order chi connectivity index (χ1) is 26.9. The Kier molecular flexibility index (Phi) is 6.81. The fraction of sp³-hybridized carbons (Fsp3) is 0.0217. The Hall–Kier alpha value is -6.84. The number of benzene rings is 7. The Morgan fingerprint density at radius 1 is 0.527 bits per heavy atom. The highest BCUT2D eigenvalue weighted by molar-refractivity contribution is 7.26. The number of hydrogen-bond acceptors (Lipinski definition) is 5. The molecule has 0 N–H and O–H groups in total. The van der Waals surface area contributed by atoms with Crippen LogP contribution in [0.5, 0.6) is 0 Å². The number of para-hydroxylation sites is 2. The van der Waals surface area contributed by atoms with Crippen molar-refractivity contribution in [1.29, 1.82) is 0 Å². The number of thiophene rings is 1. The third kappa shape index (κ3) is 4.83. The van der Waals surface area contributed by atoms with Crippen LogP contribution >= 0.6 is 11.3 Å². The van der Waals surface area contributed by atoms with Crippen LogP contribution in [0.2, 0.25) is 0 Å². The number of hydrogen-bond donors (Lipinski definition) is 0. The van der Waals surface area contributed by atoms with Crippen molar-refractivity contribution in [2.24, 2.45) is 0 Å². The van der Waals surface area contributed by atoms with Crippen molar-refractivity contribution in [2.45, 2.75) is 6.18 Å². The second kappa shape index (κ2) is 11.8. The van der Waals surface area contributed by atoms with Gasteiger partial charge in [0.15, 0.2) is 23.1 Å². The van der Waals surface area contributed by atoms with E-state index in [4.69, 9.17) is 19.4 Å². The second-order valence-electron chi connectivity index (χ2n) is 13.4. The summed E-state index contributed by atoms with van der Waals surface area (Å²) in [5, 5.41) is 5.06. The Morgan fingerprint density at radius 3 is 1.84 bits per heavy atom. The van der Waals surface area contributed by atoms with Crippen molar-refractivity contribution in [3.05, 3.63) is 157 Å². The van der Waals surface area contributed by atoms with E-state index >= 15 is 13.2 Å². The van der Waals surface area contributed by atoms with Gasteiger partial charge in [-0.05, 0) is 30.3 Å². The molecule has 9 heteroatoms. The first-order valence-corrected chi connectivity index (χ1v) is 18.5. The van der Waals surface area contributed by atoms with Crippen LogP contribution in [0.3, 0.4) is 0 Å². The number of halogens is 3. The highest BCUT2D eigenvalue weighted by Gasteiger charge is 2.39. The van der Waals surface area contributed by atoms with Crippen molar-refractivity contribution in [2.75, 3.05) is 0 Å². The molecule has 4 heterocycles. The fourth-order valence-electron chi connectivity index (χ4n) is 7.91. The lowest BCUT2D eigenvalue weighted by Crippen LogP contribution is -2.12. The SMILES string of the molecule is FC(F)(F)c1cc(-c2nc(-c3ccccc3)nc(-c3ccccc3)n2)c2c(oc3ccccc32)c1-n1c2ccccc2c2c3sc4ccccc4c3ccc21. The molecule has 11 aromatic rings. The van der Waals surface area contributed by atoms with Crippen molar-refractivity contribution in [3.63, 3.8) is 0 Å². The zero-order chi connectivity index (χ0) is 36.8. The minimum absolute atomic E-state index is 0.0882. The molecule has 0 amide bonds. The van der Waals surface area contributed by atoms with E-state index in [-0.39, 0.29) is 22.7 Å². The van der Waals surface area contributed by atoms with Gasteiger partial charge in [-0.15, -0.1) is 11.3 Å². The predicted molar refractivity (Wildman–Crippen MR) is 216 cm³/mol. The van der Waals surface area contributed by atoms with Crippen molar-refractivity contribution in [3.8, 4) is 39.9 Å². The van der Waals surface area contributed by atoms with Gasteiger partial charge in [-0.2, -0.15) is 13.2 Å². The molecule has 0 saturated heterocycles. The molecule has 0 unspecified atom stereocenters. The van der Waals surface area contributed by atoms with Crippen molar-refractivity contribution >= 4 is 75.3 Å². The van der Waals surface area contributed by atoms with Crippen LogP contribution < -0.4 is 0 Å². The maximum atomic E-state index is 15.9. The molecule has 5 nitrogen and oxygen atoms in total. The molecule has 262 valence electrons. The highest BCUT2D eigenvalue weighted by atomic mass is 32.1. The number of fused-ring (bicyclic) bond motifs is 10. The van der Waals surface area contributed by atoms with Crippen LogP contribution in [-0.2, 0) is 6.18 Å². The average molecular weight is 739 g/mol. The number of alkyl halides is 3. The Bertz CT molecular complexity index is 3250. The first kappa shape index (κ1) is 31.7. The zero-order valence-corrected chi connectivity index (χ0v) is 29.5. The molecule has 0 fully saturated rings. The molecule has 0 aliphatic rings. The molecule has 7 aromatic carbocycles. The summed E-state index contributed by atoms with van der Waals surface area (Å²) >= 11 is 1.65. The standard InChI is InChI=1S/C46H25F3N4OS/c47-46(48,49)33-25-32(45-51-43(26-13-3-1-4-14-26)50-44(52-45)27-15-5-2-6-16-27)38-31-19-8-11-21-36(31)54-41(38)40(33)53-34-20-10-7-18-30(34)39-35(53)24-23-29-28-17-9-12-22-37(28)55-42(29)39/h1-25H. The normalized spacial score (nSPS) is 12.3. The summed E-state index contributed by atoms with van der Waals surface area (Å²) in [7, 11) is 0. The molecule has 0 spiro atoms. The summed E-state index contributed by atoms with van der Waals surface area (Å²) in [6, 6.07) is 47.0. The summed E-state index contributed by atoms with van der Waals surface area (Å²) in [6.07, 6.45) is -4.80. The van der Waals surface area contributed by atoms with Gasteiger partial charge in [0.25, 0.3) is 0 Å². The fourth-order valence-corrected chi connectivity index (χ4v) is 9.17. The van der Waals surface area contributed by atoms with Gasteiger partial charge in [0.2, 0.25) is 0 Å². The predicted octanol–water partition coefficient (Wildman–Crippen LogP) is 13.3. The molecule has 11 rings (SSSR count). The van der Waals surface area contributed by atoms with E-state index in [2.05, 4.69) is 12.1 Å². The van der Waals surface area contributed by atoms with E-state index in [9.17, 15) is 0 Å². The lowest BCUT2D eigenvalue weighted by Gasteiger charge is -2.18. The molecule has 0 saturated carbocycles. The molecular formula is C46H25F3N4OS. The van der Waals surface area contributed by atoms with Crippen LogP contribution in [0, 0.1) is 0 Å². The van der Waals surface area contributed by atoms with E-state index in [1.165, 1.54) is 6.07 Å². The van der Waals surface area contributed by atoms with E-state index in [0.29, 0.717) is 50.2 Å². The highest BCUT2D eigenvalue weighted by Crippen LogP contribution is 2.49. The lowest BCUT2D eigenvalue weighted by molar-refractivity contribution is -0.137. The van der Waals surface area contributed by atoms with Gasteiger partial charge in [-0.1, -0.05) is 121 Å². The van der Waals surface area contributed by atoms with Gasteiger partial charge in [0.1, 0.15) is 11.3 Å². The number of furan rings is 1. The summed E-state index contributed by atoms with van der Waals surface area (Å²) in [5.74, 6) is 0.797. The molecule has 0 radical (unpaired) electrons. The van der Waals surface area contributed by atoms with Gasteiger partial charge in [0.05, 0.1) is 16.6 Å². The van der Waals surface area contributed by atoms with Gasteiger partial charge >= 0.3 is 6.18 Å². The van der Waals surface area contributed by atoms with Crippen molar-refractivity contribution in [1.82, 2.24) is 19.5 Å². The topological polar surface area (TPSA) is 56.7 Å². The number of nitrogens with zero attached hydrogens (tertiary/aromatic N) is 4. The van der Waals surface area contributed by atoms with E-state index in [1.807, 2.05) is 127 Å². The lowest BCUT2D eigenvalue weighted by atomic mass is 9.99. The molecule has 0 aliphatic heterocycles. The Labute approximate surface area is 314 Å². The van der Waals surface area contributed by atoms with Crippen molar-refractivity contribution < 1.29 is 17.6 Å². The van der Waals surface area contributed by atoms with Crippen LogP contribution in [-0.4, -0.2) is 19.5 Å². The molecule has 4 aromatic heterocycles. The molecule has 55 heavy (non-hydrogen) atoms. The quantitative estimate of drug-likeness (QED) is 0.180. The monoisotopic (exact) mass is 738 g/mol. The Morgan fingerprint density at radius 2 is 1.13 bits per heavy atom. The van der Waals surface area contributed by atoms with Crippen LogP contribution in [0.1, 0.15) is 5.56 Å². The second-order valence-corrected chi connectivity index (χ2v) is 14.5. The maximum Gasteiger partial charge on any atom is 0.418 e. The third-order valence-corrected chi connectivity index (χ3v) is 11.5. The summed E-state index contributed by atoms with van der Waals surface area (Å²) in [6.45, 7) is 0. The largest absolute Gasteiger partial charge is 0.454 e. The molecule has 0 atom stereocenters. The van der Waals surface area contributed by atoms with E-state index in [0.717, 1.165) is 30.9 Å². The van der Waals surface area contributed by atoms with Crippen LogP contribution in [0.15, 0.2) is 156 Å². The number of aromatic nitrogens is 4. The first-order valence-electron chi connectivity index (χ1n) is 17.7. The van der Waals surface area contributed by atoms with Gasteiger partial charge in [-0.3, -0.25) is 0 Å². The van der Waals surface area contributed by atoms with E-state index < -0.39 is 11.7 Å². The van der Waals surface area contributed by atoms with Gasteiger partial charge < -0.3 is 8.98 Å². The smallest absolute Gasteiger partial charge is 0.418 e. The average Bonchev–Trinajstić information content (AvgIpc) is 3.90.